The molecule has 0 radical (unpaired) electrons. The van der Waals surface area contributed by atoms with Crippen molar-refractivity contribution in [2.75, 3.05) is 0 Å². The lowest BCUT2D eigenvalue weighted by Gasteiger charge is -2.05. The number of aromatic nitrogens is 3. The lowest BCUT2D eigenvalue weighted by atomic mass is 10.1. The topological polar surface area (TPSA) is 38.7 Å². The Balaban J connectivity index is 1.81. The monoisotopic (exact) mass is 313 g/mol. The summed E-state index contributed by atoms with van der Waals surface area (Å²) in [4.78, 5) is 14.7. The summed E-state index contributed by atoms with van der Waals surface area (Å²) in [6, 6.07) is 16.5. The molecule has 108 valence electrons. The Hall–Kier alpha value is -2.85. The number of pyridine rings is 3. The summed E-state index contributed by atoms with van der Waals surface area (Å²) in [5.41, 5.74) is 3.02. The largest absolute Gasteiger partial charge is 0.263 e. The van der Waals surface area contributed by atoms with Crippen LogP contribution in [0.1, 0.15) is 0 Å². The van der Waals surface area contributed by atoms with Crippen LogP contribution in [0.25, 0.3) is 42.5 Å². The predicted octanol–water partition coefficient (Wildman–Crippen LogP) is 5.06. The van der Waals surface area contributed by atoms with E-state index in [9.17, 15) is 0 Å². The second-order valence-corrected chi connectivity index (χ2v) is 6.43. The first-order chi connectivity index (χ1) is 11.4. The van der Waals surface area contributed by atoms with Gasteiger partial charge in [-0.15, -0.1) is 11.3 Å². The molecule has 0 atom stereocenters. The van der Waals surface area contributed by atoms with Crippen molar-refractivity contribution < 1.29 is 0 Å². The van der Waals surface area contributed by atoms with Crippen molar-refractivity contribution in [2.24, 2.45) is 0 Å². The van der Waals surface area contributed by atoms with Crippen molar-refractivity contribution in [3.63, 3.8) is 0 Å². The van der Waals surface area contributed by atoms with E-state index in [1.807, 2.05) is 24.7 Å². The maximum atomic E-state index is 4.88. The van der Waals surface area contributed by atoms with Gasteiger partial charge in [0.15, 0.2) is 0 Å². The standard InChI is InChI=1S/C19H11N3S/c1-3-12-4-2-9-21-18(12)15(5-1)16-7-6-14-13-8-10-20-11-17(13)23-19(14)22-16/h1-11H. The van der Waals surface area contributed by atoms with E-state index in [4.69, 9.17) is 4.98 Å². The molecule has 0 fully saturated rings. The molecule has 0 unspecified atom stereocenters. The summed E-state index contributed by atoms with van der Waals surface area (Å²) < 4.78 is 1.17. The van der Waals surface area contributed by atoms with E-state index in [0.29, 0.717) is 0 Å². The van der Waals surface area contributed by atoms with Gasteiger partial charge in [-0.25, -0.2) is 4.98 Å². The van der Waals surface area contributed by atoms with Gasteiger partial charge in [0, 0.05) is 40.3 Å². The molecule has 0 bridgehead atoms. The SMILES string of the molecule is c1cnc2c(-c3ccc4c(n3)sc3cnccc34)cccc2c1. The minimum atomic E-state index is 0.960. The van der Waals surface area contributed by atoms with E-state index in [-0.39, 0.29) is 0 Å². The molecular weight excluding hydrogens is 302 g/mol. The maximum Gasteiger partial charge on any atom is 0.125 e. The van der Waals surface area contributed by atoms with Gasteiger partial charge in [-0.2, -0.15) is 0 Å². The van der Waals surface area contributed by atoms with Crippen molar-refractivity contribution in [3.05, 3.63) is 67.1 Å². The number of para-hydroxylation sites is 1. The van der Waals surface area contributed by atoms with E-state index in [2.05, 4.69) is 52.4 Å². The Labute approximate surface area is 136 Å². The van der Waals surface area contributed by atoms with Crippen molar-refractivity contribution in [1.82, 2.24) is 15.0 Å². The van der Waals surface area contributed by atoms with Crippen LogP contribution in [-0.4, -0.2) is 15.0 Å². The molecule has 0 aliphatic rings. The predicted molar refractivity (Wildman–Crippen MR) is 95.7 cm³/mol. The summed E-state index contributed by atoms with van der Waals surface area (Å²) >= 11 is 1.68. The fourth-order valence-electron chi connectivity index (χ4n) is 2.97. The zero-order chi connectivity index (χ0) is 15.2. The van der Waals surface area contributed by atoms with Gasteiger partial charge in [0.2, 0.25) is 0 Å². The van der Waals surface area contributed by atoms with Crippen LogP contribution in [0.3, 0.4) is 0 Å². The van der Waals surface area contributed by atoms with Crippen LogP contribution in [0.4, 0.5) is 0 Å². The number of benzene rings is 1. The Bertz CT molecular complexity index is 1170. The van der Waals surface area contributed by atoms with Gasteiger partial charge in [0.05, 0.1) is 15.9 Å². The number of nitrogens with zero attached hydrogens (tertiary/aromatic N) is 3. The first-order valence-electron chi connectivity index (χ1n) is 7.37. The molecule has 5 aromatic rings. The quantitative estimate of drug-likeness (QED) is 0.434. The molecule has 0 N–H and O–H groups in total. The van der Waals surface area contributed by atoms with Crippen molar-refractivity contribution in [1.29, 1.82) is 0 Å². The number of hydrogen-bond acceptors (Lipinski definition) is 4. The molecule has 0 spiro atoms. The van der Waals surface area contributed by atoms with Crippen LogP contribution in [0.5, 0.6) is 0 Å². The normalized spacial score (nSPS) is 11.5. The molecule has 0 aliphatic heterocycles. The van der Waals surface area contributed by atoms with E-state index < -0.39 is 0 Å². The summed E-state index contributed by atoms with van der Waals surface area (Å²) in [6.07, 6.45) is 5.56. The third-order valence-electron chi connectivity index (χ3n) is 4.05. The van der Waals surface area contributed by atoms with Crippen LogP contribution < -0.4 is 0 Å². The van der Waals surface area contributed by atoms with E-state index >= 15 is 0 Å². The highest BCUT2D eigenvalue weighted by atomic mass is 32.1. The smallest absolute Gasteiger partial charge is 0.125 e. The molecular formula is C19H11N3S. The molecule has 0 aliphatic carbocycles. The van der Waals surface area contributed by atoms with Crippen molar-refractivity contribution >= 4 is 42.5 Å². The Morgan fingerprint density at radius 3 is 2.78 bits per heavy atom. The third-order valence-corrected chi connectivity index (χ3v) is 5.10. The summed E-state index contributed by atoms with van der Waals surface area (Å²) in [6.45, 7) is 0. The van der Waals surface area contributed by atoms with Gasteiger partial charge in [0.25, 0.3) is 0 Å². The fraction of sp³-hybridized carbons (Fsp3) is 0. The van der Waals surface area contributed by atoms with Gasteiger partial charge in [-0.3, -0.25) is 9.97 Å². The molecule has 0 saturated heterocycles. The second-order valence-electron chi connectivity index (χ2n) is 5.40. The van der Waals surface area contributed by atoms with Gasteiger partial charge < -0.3 is 0 Å². The van der Waals surface area contributed by atoms with Gasteiger partial charge in [-0.1, -0.05) is 24.3 Å². The van der Waals surface area contributed by atoms with Gasteiger partial charge in [0.1, 0.15) is 4.83 Å². The number of fused-ring (bicyclic) bond motifs is 4. The number of rotatable bonds is 1. The number of thiophene rings is 1. The molecule has 5 rings (SSSR count). The molecule has 1 aromatic carbocycles. The average molecular weight is 313 g/mol. The lowest BCUT2D eigenvalue weighted by Crippen LogP contribution is -1.87. The first kappa shape index (κ1) is 12.7. The Kier molecular flexibility index (Phi) is 2.66. The third kappa shape index (κ3) is 1.92. The highest BCUT2D eigenvalue weighted by Gasteiger charge is 2.10. The summed E-state index contributed by atoms with van der Waals surface area (Å²) in [5, 5.41) is 3.53. The minimum Gasteiger partial charge on any atom is -0.263 e. The lowest BCUT2D eigenvalue weighted by molar-refractivity contribution is 1.37. The van der Waals surface area contributed by atoms with Gasteiger partial charge in [-0.05, 0) is 24.3 Å². The molecule has 23 heavy (non-hydrogen) atoms. The van der Waals surface area contributed by atoms with E-state index in [1.54, 1.807) is 11.3 Å². The molecule has 0 amide bonds. The molecule has 3 nitrogen and oxygen atoms in total. The van der Waals surface area contributed by atoms with E-state index in [0.717, 1.165) is 27.0 Å². The average Bonchev–Trinajstić information content (AvgIpc) is 2.99. The van der Waals surface area contributed by atoms with Gasteiger partial charge >= 0.3 is 0 Å². The number of hydrogen-bond donors (Lipinski definition) is 0. The Morgan fingerprint density at radius 1 is 0.826 bits per heavy atom. The summed E-state index contributed by atoms with van der Waals surface area (Å²) in [5.74, 6) is 0. The minimum absolute atomic E-state index is 0.960. The summed E-state index contributed by atoms with van der Waals surface area (Å²) in [7, 11) is 0. The van der Waals surface area contributed by atoms with Crippen LogP contribution in [0, 0.1) is 0 Å². The first-order valence-corrected chi connectivity index (χ1v) is 8.19. The molecule has 4 heterocycles. The van der Waals surface area contributed by atoms with Crippen LogP contribution in [0.15, 0.2) is 67.1 Å². The fourth-order valence-corrected chi connectivity index (χ4v) is 4.01. The van der Waals surface area contributed by atoms with Crippen molar-refractivity contribution in [2.45, 2.75) is 0 Å². The molecule has 4 heteroatoms. The molecule has 0 saturated carbocycles. The highest BCUT2D eigenvalue weighted by molar-refractivity contribution is 7.25. The maximum absolute atomic E-state index is 4.88. The zero-order valence-corrected chi connectivity index (χ0v) is 12.9. The second kappa shape index (κ2) is 4.83. The van der Waals surface area contributed by atoms with E-state index in [1.165, 1.54) is 15.5 Å². The van der Waals surface area contributed by atoms with Crippen LogP contribution in [-0.2, 0) is 0 Å². The zero-order valence-electron chi connectivity index (χ0n) is 12.1. The van der Waals surface area contributed by atoms with Crippen LogP contribution in [0.2, 0.25) is 0 Å². The molecule has 4 aromatic heterocycles. The van der Waals surface area contributed by atoms with Crippen molar-refractivity contribution in [3.8, 4) is 11.3 Å². The Morgan fingerprint density at radius 2 is 1.78 bits per heavy atom. The highest BCUT2D eigenvalue weighted by Crippen LogP contribution is 2.34. The van der Waals surface area contributed by atoms with Crippen LogP contribution >= 0.6 is 11.3 Å².